The maximum Gasteiger partial charge on any atom is 0.0830 e. The molecular weight excluding hydrogens is 141 g/mol. The fourth-order valence-electron chi connectivity index (χ4n) is 0.659. The van der Waals surface area contributed by atoms with Gasteiger partial charge in [0.15, 0.2) is 0 Å². The first kappa shape index (κ1) is 9.95. The van der Waals surface area contributed by atoms with Gasteiger partial charge in [-0.1, -0.05) is 18.7 Å². The molecule has 1 nitrogen and oxygen atoms in total. The second-order valence-electron chi connectivity index (χ2n) is 2.30. The summed E-state index contributed by atoms with van der Waals surface area (Å²) in [6, 6.07) is 0. The SMILES string of the molecule is C=CCN(C)C(=C)C/C=C/F. The van der Waals surface area contributed by atoms with Crippen molar-refractivity contribution in [2.75, 3.05) is 13.6 Å². The van der Waals surface area contributed by atoms with Crippen LogP contribution in [0, 0.1) is 0 Å². The lowest BCUT2D eigenvalue weighted by Crippen LogP contribution is -2.16. The van der Waals surface area contributed by atoms with Crippen molar-refractivity contribution < 1.29 is 4.39 Å². The summed E-state index contributed by atoms with van der Waals surface area (Å²) in [5.74, 6) is 0. The largest absolute Gasteiger partial charge is 0.374 e. The number of halogens is 1. The highest BCUT2D eigenvalue weighted by atomic mass is 19.1. The van der Waals surface area contributed by atoms with E-state index >= 15 is 0 Å². The van der Waals surface area contributed by atoms with Crippen molar-refractivity contribution >= 4 is 0 Å². The third kappa shape index (κ3) is 4.37. The van der Waals surface area contributed by atoms with Gasteiger partial charge in [-0.3, -0.25) is 0 Å². The van der Waals surface area contributed by atoms with E-state index in [1.807, 2.05) is 11.9 Å². The maximum atomic E-state index is 11.5. The van der Waals surface area contributed by atoms with Gasteiger partial charge in [-0.05, 0) is 0 Å². The quantitative estimate of drug-likeness (QED) is 0.551. The van der Waals surface area contributed by atoms with Crippen molar-refractivity contribution in [3.8, 4) is 0 Å². The van der Waals surface area contributed by atoms with Crippen LogP contribution in [-0.2, 0) is 0 Å². The van der Waals surface area contributed by atoms with Gasteiger partial charge in [-0.25, -0.2) is 4.39 Å². The highest BCUT2D eigenvalue weighted by molar-refractivity contribution is 5.00. The van der Waals surface area contributed by atoms with Crippen molar-refractivity contribution in [3.63, 3.8) is 0 Å². The summed E-state index contributed by atoms with van der Waals surface area (Å²) in [6.45, 7) is 8.11. The van der Waals surface area contributed by atoms with Crippen LogP contribution in [0.4, 0.5) is 4.39 Å². The van der Waals surface area contributed by atoms with Gasteiger partial charge in [-0.2, -0.15) is 0 Å². The van der Waals surface area contributed by atoms with Gasteiger partial charge in [-0.15, -0.1) is 6.58 Å². The summed E-state index contributed by atoms with van der Waals surface area (Å²) >= 11 is 0. The van der Waals surface area contributed by atoms with Crippen molar-refractivity contribution in [1.82, 2.24) is 4.90 Å². The molecule has 0 unspecified atom stereocenters. The standard InChI is InChI=1S/C9H14FN/c1-4-8-11(3)9(2)6-5-7-10/h4-5,7H,1-2,6,8H2,3H3/b7-5+. The third-order valence-electron chi connectivity index (χ3n) is 1.39. The first-order valence-electron chi connectivity index (χ1n) is 3.47. The number of rotatable bonds is 5. The summed E-state index contributed by atoms with van der Waals surface area (Å²) < 4.78 is 11.5. The van der Waals surface area contributed by atoms with Crippen LogP contribution in [0.5, 0.6) is 0 Å². The normalized spacial score (nSPS) is 10.0. The van der Waals surface area contributed by atoms with Crippen molar-refractivity contribution in [2.45, 2.75) is 6.42 Å². The molecule has 0 aliphatic carbocycles. The van der Waals surface area contributed by atoms with E-state index in [1.54, 1.807) is 6.08 Å². The lowest BCUT2D eigenvalue weighted by atomic mass is 10.3. The van der Waals surface area contributed by atoms with Crippen LogP contribution in [-0.4, -0.2) is 18.5 Å². The van der Waals surface area contributed by atoms with Crippen LogP contribution in [0.3, 0.4) is 0 Å². The molecular formula is C9H14FN. The monoisotopic (exact) mass is 155 g/mol. The average Bonchev–Trinajstić information content (AvgIpc) is 2.00. The Hall–Kier alpha value is -1.05. The fourth-order valence-corrected chi connectivity index (χ4v) is 0.659. The van der Waals surface area contributed by atoms with E-state index in [0.717, 1.165) is 12.2 Å². The van der Waals surface area contributed by atoms with Gasteiger partial charge in [0.1, 0.15) is 0 Å². The van der Waals surface area contributed by atoms with Crippen molar-refractivity contribution in [1.29, 1.82) is 0 Å². The van der Waals surface area contributed by atoms with Gasteiger partial charge in [0, 0.05) is 25.7 Å². The number of allylic oxidation sites excluding steroid dienone is 1. The number of nitrogens with zero attached hydrogens (tertiary/aromatic N) is 1. The Bertz CT molecular complexity index is 161. The van der Waals surface area contributed by atoms with E-state index in [0.29, 0.717) is 12.8 Å². The smallest absolute Gasteiger partial charge is 0.0830 e. The molecule has 0 aromatic carbocycles. The summed E-state index contributed by atoms with van der Waals surface area (Å²) in [5.41, 5.74) is 0.888. The van der Waals surface area contributed by atoms with Crippen molar-refractivity contribution in [3.05, 3.63) is 37.3 Å². The van der Waals surface area contributed by atoms with E-state index < -0.39 is 0 Å². The topological polar surface area (TPSA) is 3.24 Å². The van der Waals surface area contributed by atoms with Crippen LogP contribution >= 0.6 is 0 Å². The third-order valence-corrected chi connectivity index (χ3v) is 1.39. The Morgan fingerprint density at radius 3 is 2.73 bits per heavy atom. The molecule has 11 heavy (non-hydrogen) atoms. The maximum absolute atomic E-state index is 11.5. The predicted molar refractivity (Wildman–Crippen MR) is 46.8 cm³/mol. The molecule has 0 rings (SSSR count). The van der Waals surface area contributed by atoms with E-state index in [4.69, 9.17) is 0 Å². The van der Waals surface area contributed by atoms with Gasteiger partial charge in [0.2, 0.25) is 0 Å². The molecule has 0 bridgehead atoms. The molecule has 0 amide bonds. The second kappa shape index (κ2) is 5.71. The van der Waals surface area contributed by atoms with E-state index in [-0.39, 0.29) is 0 Å². The van der Waals surface area contributed by atoms with Gasteiger partial charge in [0.25, 0.3) is 0 Å². The fraction of sp³-hybridized carbons (Fsp3) is 0.333. The molecule has 0 heterocycles. The number of hydrogen-bond donors (Lipinski definition) is 0. The lowest BCUT2D eigenvalue weighted by Gasteiger charge is -2.18. The Kier molecular flexibility index (Phi) is 5.17. The van der Waals surface area contributed by atoms with Crippen LogP contribution in [0.2, 0.25) is 0 Å². The molecule has 0 fully saturated rings. The summed E-state index contributed by atoms with van der Waals surface area (Å²) in [5, 5.41) is 0. The van der Waals surface area contributed by atoms with E-state index in [1.165, 1.54) is 6.08 Å². The molecule has 0 aliphatic heterocycles. The molecule has 0 spiro atoms. The molecule has 0 N–H and O–H groups in total. The lowest BCUT2D eigenvalue weighted by molar-refractivity contribution is 0.457. The Morgan fingerprint density at radius 1 is 1.64 bits per heavy atom. The number of likely N-dealkylation sites (N-methyl/N-ethyl adjacent to an activating group) is 1. The highest BCUT2D eigenvalue weighted by Gasteiger charge is 1.95. The summed E-state index contributed by atoms with van der Waals surface area (Å²) in [7, 11) is 1.90. The molecule has 0 atom stereocenters. The average molecular weight is 155 g/mol. The second-order valence-corrected chi connectivity index (χ2v) is 2.30. The molecule has 0 radical (unpaired) electrons. The molecule has 2 heteroatoms. The van der Waals surface area contributed by atoms with Gasteiger partial charge >= 0.3 is 0 Å². The molecule has 0 saturated carbocycles. The molecule has 0 aliphatic rings. The Morgan fingerprint density at radius 2 is 2.27 bits per heavy atom. The molecule has 0 aromatic rings. The summed E-state index contributed by atoms with van der Waals surface area (Å²) in [4.78, 5) is 1.92. The molecule has 62 valence electrons. The first-order chi connectivity index (χ1) is 5.22. The van der Waals surface area contributed by atoms with E-state index in [9.17, 15) is 4.39 Å². The zero-order valence-corrected chi connectivity index (χ0v) is 6.89. The van der Waals surface area contributed by atoms with Crippen LogP contribution in [0.1, 0.15) is 6.42 Å². The van der Waals surface area contributed by atoms with Gasteiger partial charge < -0.3 is 4.90 Å². The zero-order valence-electron chi connectivity index (χ0n) is 6.89. The minimum Gasteiger partial charge on any atom is -0.374 e. The minimum atomic E-state index is 0.535. The van der Waals surface area contributed by atoms with Crippen molar-refractivity contribution in [2.24, 2.45) is 0 Å². The zero-order chi connectivity index (χ0) is 8.69. The first-order valence-corrected chi connectivity index (χ1v) is 3.47. The highest BCUT2D eigenvalue weighted by Crippen LogP contribution is 2.04. The number of hydrogen-bond acceptors (Lipinski definition) is 1. The minimum absolute atomic E-state index is 0.535. The molecule has 0 aromatic heterocycles. The van der Waals surface area contributed by atoms with Crippen LogP contribution < -0.4 is 0 Å². The predicted octanol–water partition coefficient (Wildman–Crippen LogP) is 2.49. The van der Waals surface area contributed by atoms with Gasteiger partial charge in [0.05, 0.1) is 6.33 Å². The van der Waals surface area contributed by atoms with Crippen LogP contribution in [0.15, 0.2) is 37.3 Å². The Labute approximate surface area is 67.5 Å². The van der Waals surface area contributed by atoms with Crippen LogP contribution in [0.25, 0.3) is 0 Å². The molecule has 0 saturated heterocycles. The summed E-state index contributed by atoms with van der Waals surface area (Å²) in [6.07, 6.45) is 4.31. The van der Waals surface area contributed by atoms with E-state index in [2.05, 4.69) is 13.2 Å². The Balaban J connectivity index is 3.72.